The molecule has 0 N–H and O–H groups in total. The molecule has 0 atom stereocenters. The molecule has 0 saturated carbocycles. The SMILES string of the molecule is Cc1ccc2c(c1)-c1ccc(C)c(-c3cc(-c4ccccc4C)c(C)c[n+]3C)c1C2. The average molecular weight is 391 g/mol. The fraction of sp³-hybridized carbons (Fsp3) is 0.207. The van der Waals surface area contributed by atoms with Gasteiger partial charge < -0.3 is 0 Å². The highest BCUT2D eigenvalue weighted by Gasteiger charge is 2.27. The molecule has 0 fully saturated rings. The summed E-state index contributed by atoms with van der Waals surface area (Å²) in [4.78, 5) is 0. The van der Waals surface area contributed by atoms with Crippen LogP contribution in [0.4, 0.5) is 0 Å². The van der Waals surface area contributed by atoms with Crippen LogP contribution < -0.4 is 4.57 Å². The first-order chi connectivity index (χ1) is 14.4. The minimum Gasteiger partial charge on any atom is -0.201 e. The zero-order valence-corrected chi connectivity index (χ0v) is 18.5. The lowest BCUT2D eigenvalue weighted by Crippen LogP contribution is -2.32. The largest absolute Gasteiger partial charge is 0.213 e. The van der Waals surface area contributed by atoms with Crippen molar-refractivity contribution in [3.05, 3.63) is 100 Å². The van der Waals surface area contributed by atoms with Crippen molar-refractivity contribution < 1.29 is 4.57 Å². The van der Waals surface area contributed by atoms with E-state index in [0.717, 1.165) is 6.42 Å². The molecule has 4 aromatic rings. The van der Waals surface area contributed by atoms with E-state index in [9.17, 15) is 0 Å². The van der Waals surface area contributed by atoms with E-state index >= 15 is 0 Å². The highest BCUT2D eigenvalue weighted by Crippen LogP contribution is 2.43. The zero-order valence-electron chi connectivity index (χ0n) is 18.5. The Morgan fingerprint density at radius 1 is 0.667 bits per heavy atom. The first-order valence-electron chi connectivity index (χ1n) is 10.7. The summed E-state index contributed by atoms with van der Waals surface area (Å²) in [7, 11) is 2.18. The maximum Gasteiger partial charge on any atom is 0.213 e. The molecule has 1 aliphatic carbocycles. The molecule has 1 aliphatic rings. The standard InChI is InChI=1S/C29H28N/c1-18-10-12-22-15-27-24(26(22)14-18)13-11-20(3)29(27)28-16-25(21(4)17-30(28)5)23-9-7-6-8-19(23)2/h6-14,16-17H,15H2,1-5H3/q+1. The third-order valence-electron chi connectivity index (χ3n) is 6.61. The van der Waals surface area contributed by atoms with Crippen LogP contribution in [0, 0.1) is 27.7 Å². The second-order valence-corrected chi connectivity index (χ2v) is 8.80. The lowest BCUT2D eigenvalue weighted by molar-refractivity contribution is -0.660. The molecule has 0 amide bonds. The first-order valence-corrected chi connectivity index (χ1v) is 10.7. The fourth-order valence-electron chi connectivity index (χ4n) is 5.04. The smallest absolute Gasteiger partial charge is 0.201 e. The molecule has 30 heavy (non-hydrogen) atoms. The van der Waals surface area contributed by atoms with Crippen molar-refractivity contribution in [2.24, 2.45) is 7.05 Å². The number of rotatable bonds is 2. The third-order valence-corrected chi connectivity index (χ3v) is 6.61. The fourth-order valence-corrected chi connectivity index (χ4v) is 5.04. The lowest BCUT2D eigenvalue weighted by atomic mass is 9.91. The molecule has 0 bridgehead atoms. The molecule has 1 heteroatoms. The van der Waals surface area contributed by atoms with Gasteiger partial charge in [0, 0.05) is 11.6 Å². The van der Waals surface area contributed by atoms with Gasteiger partial charge in [-0.2, -0.15) is 0 Å². The van der Waals surface area contributed by atoms with Crippen molar-refractivity contribution in [1.82, 2.24) is 0 Å². The zero-order chi connectivity index (χ0) is 21.0. The van der Waals surface area contributed by atoms with Crippen molar-refractivity contribution in [3.8, 4) is 33.5 Å². The van der Waals surface area contributed by atoms with E-state index in [1.165, 1.54) is 66.9 Å². The quantitative estimate of drug-likeness (QED) is 0.297. The molecule has 0 saturated heterocycles. The van der Waals surface area contributed by atoms with Gasteiger partial charge in [-0.15, -0.1) is 0 Å². The molecule has 0 unspecified atom stereocenters. The summed E-state index contributed by atoms with van der Waals surface area (Å²) >= 11 is 0. The van der Waals surface area contributed by atoms with Crippen LogP contribution in [0.3, 0.4) is 0 Å². The Morgan fingerprint density at radius 3 is 2.27 bits per heavy atom. The minimum atomic E-state index is 1.01. The molecule has 1 aromatic heterocycles. The molecule has 0 radical (unpaired) electrons. The van der Waals surface area contributed by atoms with Crippen molar-refractivity contribution in [3.63, 3.8) is 0 Å². The summed E-state index contributed by atoms with van der Waals surface area (Å²) in [6, 6.07) is 22.6. The second-order valence-electron chi connectivity index (χ2n) is 8.80. The third kappa shape index (κ3) is 2.89. The van der Waals surface area contributed by atoms with E-state index in [4.69, 9.17) is 0 Å². The van der Waals surface area contributed by atoms with Crippen molar-refractivity contribution in [2.75, 3.05) is 0 Å². The lowest BCUT2D eigenvalue weighted by Gasteiger charge is -2.14. The van der Waals surface area contributed by atoms with Gasteiger partial charge in [-0.1, -0.05) is 60.2 Å². The number of hydrogen-bond donors (Lipinski definition) is 0. The molecule has 0 aliphatic heterocycles. The Labute approximate surface area is 179 Å². The summed E-state index contributed by atoms with van der Waals surface area (Å²) in [5, 5.41) is 0. The molecule has 3 aromatic carbocycles. The van der Waals surface area contributed by atoms with E-state index in [0.29, 0.717) is 0 Å². The highest BCUT2D eigenvalue weighted by molar-refractivity contribution is 5.86. The van der Waals surface area contributed by atoms with E-state index in [1.54, 1.807) is 0 Å². The Balaban J connectivity index is 1.76. The topological polar surface area (TPSA) is 3.88 Å². The number of benzene rings is 3. The van der Waals surface area contributed by atoms with Crippen LogP contribution >= 0.6 is 0 Å². The minimum absolute atomic E-state index is 1.01. The van der Waals surface area contributed by atoms with Crippen molar-refractivity contribution in [2.45, 2.75) is 34.1 Å². The Morgan fingerprint density at radius 2 is 1.47 bits per heavy atom. The molecular weight excluding hydrogens is 362 g/mol. The predicted molar refractivity (Wildman–Crippen MR) is 126 cm³/mol. The number of fused-ring (bicyclic) bond motifs is 3. The van der Waals surface area contributed by atoms with Gasteiger partial charge in [-0.05, 0) is 78.6 Å². The summed E-state index contributed by atoms with van der Waals surface area (Å²) in [5.74, 6) is 0. The maximum absolute atomic E-state index is 2.40. The number of pyridine rings is 1. The van der Waals surface area contributed by atoms with E-state index < -0.39 is 0 Å². The predicted octanol–water partition coefficient (Wildman–Crippen LogP) is 6.65. The Hall–Kier alpha value is -3.19. The summed E-state index contributed by atoms with van der Waals surface area (Å²) in [5.41, 5.74) is 16.3. The van der Waals surface area contributed by atoms with Crippen LogP contribution in [-0.2, 0) is 13.5 Å². The van der Waals surface area contributed by atoms with Gasteiger partial charge >= 0.3 is 0 Å². The van der Waals surface area contributed by atoms with E-state index in [2.05, 4.69) is 106 Å². The summed E-state index contributed by atoms with van der Waals surface area (Å²) < 4.78 is 2.30. The van der Waals surface area contributed by atoms with Crippen LogP contribution in [-0.4, -0.2) is 0 Å². The summed E-state index contributed by atoms with van der Waals surface area (Å²) in [6.45, 7) is 8.84. The molecule has 1 heterocycles. The van der Waals surface area contributed by atoms with Crippen molar-refractivity contribution >= 4 is 0 Å². The normalized spacial score (nSPS) is 12.0. The van der Waals surface area contributed by atoms with Gasteiger partial charge in [0.2, 0.25) is 5.69 Å². The highest BCUT2D eigenvalue weighted by atomic mass is 14.9. The summed E-state index contributed by atoms with van der Waals surface area (Å²) in [6.07, 6.45) is 3.29. The van der Waals surface area contributed by atoms with Gasteiger partial charge in [0.1, 0.15) is 7.05 Å². The monoisotopic (exact) mass is 390 g/mol. The molecular formula is C29H28N+. The molecule has 1 nitrogen and oxygen atoms in total. The van der Waals surface area contributed by atoms with Gasteiger partial charge in [-0.3, -0.25) is 0 Å². The van der Waals surface area contributed by atoms with E-state index in [1.807, 2.05) is 0 Å². The van der Waals surface area contributed by atoms with Crippen LogP contribution in [0.25, 0.3) is 33.5 Å². The van der Waals surface area contributed by atoms with Crippen LogP contribution in [0.2, 0.25) is 0 Å². The average Bonchev–Trinajstić information content (AvgIpc) is 3.07. The molecule has 5 rings (SSSR count). The van der Waals surface area contributed by atoms with Crippen molar-refractivity contribution in [1.29, 1.82) is 0 Å². The van der Waals surface area contributed by atoms with E-state index in [-0.39, 0.29) is 0 Å². The Bertz CT molecular complexity index is 1310. The van der Waals surface area contributed by atoms with Crippen LogP contribution in [0.1, 0.15) is 33.4 Å². The maximum atomic E-state index is 2.40. The number of hydrogen-bond acceptors (Lipinski definition) is 0. The van der Waals surface area contributed by atoms with Crippen LogP contribution in [0.5, 0.6) is 0 Å². The number of aromatic nitrogens is 1. The van der Waals surface area contributed by atoms with Gasteiger partial charge in [0.25, 0.3) is 0 Å². The van der Waals surface area contributed by atoms with Gasteiger partial charge in [0.05, 0.1) is 5.56 Å². The van der Waals surface area contributed by atoms with Gasteiger partial charge in [-0.25, -0.2) is 4.57 Å². The first kappa shape index (κ1) is 18.8. The van der Waals surface area contributed by atoms with Gasteiger partial charge in [0.15, 0.2) is 6.20 Å². The number of nitrogens with zero attached hydrogens (tertiary/aromatic N) is 1. The molecule has 0 spiro atoms. The second kappa shape index (κ2) is 6.95. The van der Waals surface area contributed by atoms with Crippen LogP contribution in [0.15, 0.2) is 66.9 Å². The Kier molecular flexibility index (Phi) is 4.36. The molecule has 148 valence electrons. The number of aryl methyl sites for hydroxylation is 5.